The maximum atomic E-state index is 13.9. The van der Waals surface area contributed by atoms with Crippen molar-refractivity contribution in [1.29, 1.82) is 0 Å². The Hall–Kier alpha value is -0.410. The average molecular weight is 258 g/mol. The number of benzene rings is 1. The summed E-state index contributed by atoms with van der Waals surface area (Å²) in [6.07, 6.45) is 1.14. The summed E-state index contributed by atoms with van der Waals surface area (Å²) in [5.74, 6) is 0. The lowest BCUT2D eigenvalue weighted by molar-refractivity contribution is 0.271. The lowest BCUT2D eigenvalue weighted by Crippen LogP contribution is -2.26. The molecule has 0 saturated carbocycles. The lowest BCUT2D eigenvalue weighted by atomic mass is 10.0. The Balaban J connectivity index is 2.13. The fraction of sp³-hybridized carbons (Fsp3) is 0.455. The Morgan fingerprint density at radius 1 is 1.50 bits per heavy atom. The van der Waals surface area contributed by atoms with E-state index in [2.05, 4.69) is 21.2 Å². The highest BCUT2D eigenvalue weighted by atomic mass is 79.9. The van der Waals surface area contributed by atoms with Crippen molar-refractivity contribution in [2.24, 2.45) is 0 Å². The third-order valence-electron chi connectivity index (χ3n) is 2.62. The highest BCUT2D eigenvalue weighted by Crippen LogP contribution is 2.28. The molecule has 2 atom stereocenters. The van der Waals surface area contributed by atoms with Crippen LogP contribution in [-0.2, 0) is 0 Å². The van der Waals surface area contributed by atoms with Crippen molar-refractivity contribution in [3.05, 3.63) is 34.3 Å². The predicted octanol–water partition coefficient (Wildman–Crippen LogP) is 3.21. The van der Waals surface area contributed by atoms with Gasteiger partial charge in [0.25, 0.3) is 0 Å². The fourth-order valence-electron chi connectivity index (χ4n) is 1.87. The van der Waals surface area contributed by atoms with Crippen LogP contribution >= 0.6 is 15.9 Å². The van der Waals surface area contributed by atoms with Crippen LogP contribution in [0.4, 0.5) is 4.39 Å². The molecular weight excluding hydrogens is 245 g/mol. The van der Waals surface area contributed by atoms with Crippen molar-refractivity contribution < 1.29 is 4.39 Å². The van der Waals surface area contributed by atoms with Gasteiger partial charge in [-0.25, -0.2) is 4.39 Å². The van der Waals surface area contributed by atoms with Gasteiger partial charge in [0, 0.05) is 10.5 Å². The Kier molecular flexibility index (Phi) is 3.19. The molecule has 0 aliphatic carbocycles. The van der Waals surface area contributed by atoms with Gasteiger partial charge in [-0.05, 0) is 37.1 Å². The van der Waals surface area contributed by atoms with E-state index in [9.17, 15) is 4.39 Å². The van der Waals surface area contributed by atoms with E-state index in [4.69, 9.17) is 0 Å². The maximum absolute atomic E-state index is 13.9. The number of alkyl halides is 1. The van der Waals surface area contributed by atoms with E-state index in [1.165, 1.54) is 0 Å². The van der Waals surface area contributed by atoms with Gasteiger partial charge in [0.05, 0.1) is 0 Å². The van der Waals surface area contributed by atoms with E-state index >= 15 is 0 Å². The third kappa shape index (κ3) is 2.15. The van der Waals surface area contributed by atoms with Gasteiger partial charge in [0.15, 0.2) is 0 Å². The minimum atomic E-state index is -0.880. The first-order chi connectivity index (χ1) is 6.77. The summed E-state index contributed by atoms with van der Waals surface area (Å²) in [5, 5.41) is 3.18. The van der Waals surface area contributed by atoms with E-state index in [-0.39, 0.29) is 6.04 Å². The second-order valence-electron chi connectivity index (χ2n) is 3.66. The molecule has 3 heteroatoms. The second-order valence-corrected chi connectivity index (χ2v) is 4.58. The first kappa shape index (κ1) is 10.1. The van der Waals surface area contributed by atoms with Gasteiger partial charge in [-0.2, -0.15) is 0 Å². The normalized spacial score (nSPS) is 23.7. The molecule has 1 aromatic carbocycles. The van der Waals surface area contributed by atoms with Gasteiger partial charge in [-0.1, -0.05) is 28.1 Å². The highest BCUT2D eigenvalue weighted by Gasteiger charge is 2.25. The summed E-state index contributed by atoms with van der Waals surface area (Å²) < 4.78 is 14.9. The van der Waals surface area contributed by atoms with Crippen LogP contribution in [0.1, 0.15) is 24.6 Å². The number of halogens is 2. The second kappa shape index (κ2) is 4.41. The summed E-state index contributed by atoms with van der Waals surface area (Å²) in [6.45, 7) is 0.944. The van der Waals surface area contributed by atoms with Crippen LogP contribution in [0.2, 0.25) is 0 Å². The molecule has 0 amide bonds. The number of nitrogens with one attached hydrogen (secondary N) is 1. The molecule has 1 N–H and O–H groups in total. The third-order valence-corrected chi connectivity index (χ3v) is 3.11. The van der Waals surface area contributed by atoms with E-state index in [1.54, 1.807) is 0 Å². The molecule has 2 rings (SSSR count). The number of hydrogen-bond acceptors (Lipinski definition) is 1. The van der Waals surface area contributed by atoms with Crippen molar-refractivity contribution >= 4 is 15.9 Å². The van der Waals surface area contributed by atoms with Gasteiger partial charge in [-0.15, -0.1) is 0 Å². The van der Waals surface area contributed by atoms with Gasteiger partial charge < -0.3 is 5.32 Å². The SMILES string of the molecule is FC(c1cccc(Br)c1)C1CCCN1. The van der Waals surface area contributed by atoms with Gasteiger partial charge in [0.2, 0.25) is 0 Å². The molecule has 1 aliphatic rings. The van der Waals surface area contributed by atoms with Gasteiger partial charge >= 0.3 is 0 Å². The maximum Gasteiger partial charge on any atom is 0.140 e. The summed E-state index contributed by atoms with van der Waals surface area (Å²) in [5.41, 5.74) is 0.763. The number of rotatable bonds is 2. The topological polar surface area (TPSA) is 12.0 Å². The van der Waals surface area contributed by atoms with E-state index in [1.807, 2.05) is 24.3 Å². The zero-order chi connectivity index (χ0) is 9.97. The quantitative estimate of drug-likeness (QED) is 0.858. The number of hydrogen-bond donors (Lipinski definition) is 1. The van der Waals surface area contributed by atoms with E-state index in [0.29, 0.717) is 0 Å². The van der Waals surface area contributed by atoms with Crippen molar-refractivity contribution in [3.63, 3.8) is 0 Å². The molecule has 0 spiro atoms. The average Bonchev–Trinajstić information content (AvgIpc) is 2.69. The molecule has 14 heavy (non-hydrogen) atoms. The molecular formula is C11H13BrFN. The largest absolute Gasteiger partial charge is 0.311 e. The Morgan fingerprint density at radius 3 is 3.00 bits per heavy atom. The van der Waals surface area contributed by atoms with Crippen LogP contribution in [0, 0.1) is 0 Å². The monoisotopic (exact) mass is 257 g/mol. The Labute approximate surface area is 91.8 Å². The predicted molar refractivity (Wildman–Crippen MR) is 59.0 cm³/mol. The van der Waals surface area contributed by atoms with E-state index in [0.717, 1.165) is 29.4 Å². The summed E-state index contributed by atoms with van der Waals surface area (Å²) >= 11 is 3.35. The van der Waals surface area contributed by atoms with Crippen LogP contribution in [-0.4, -0.2) is 12.6 Å². The van der Waals surface area contributed by atoms with Gasteiger partial charge in [0.1, 0.15) is 6.17 Å². The molecule has 1 aromatic rings. The first-order valence-electron chi connectivity index (χ1n) is 4.90. The summed E-state index contributed by atoms with van der Waals surface area (Å²) in [4.78, 5) is 0. The lowest BCUT2D eigenvalue weighted by Gasteiger charge is -2.16. The first-order valence-corrected chi connectivity index (χ1v) is 5.69. The minimum Gasteiger partial charge on any atom is -0.311 e. The van der Waals surface area contributed by atoms with Crippen LogP contribution < -0.4 is 5.32 Å². The molecule has 1 aliphatic heterocycles. The standard InChI is InChI=1S/C11H13BrFN/c12-9-4-1-3-8(7-9)11(13)10-5-2-6-14-10/h1,3-4,7,10-11,14H,2,5-6H2. The minimum absolute atomic E-state index is 0.00398. The van der Waals surface area contributed by atoms with Gasteiger partial charge in [-0.3, -0.25) is 0 Å². The highest BCUT2D eigenvalue weighted by molar-refractivity contribution is 9.10. The molecule has 76 valence electrons. The molecule has 0 bridgehead atoms. The van der Waals surface area contributed by atoms with Crippen molar-refractivity contribution in [1.82, 2.24) is 5.32 Å². The van der Waals surface area contributed by atoms with Crippen LogP contribution in [0.3, 0.4) is 0 Å². The molecule has 0 aromatic heterocycles. The Bertz CT molecular complexity index is 310. The zero-order valence-electron chi connectivity index (χ0n) is 7.84. The fourth-order valence-corrected chi connectivity index (χ4v) is 2.29. The molecule has 0 radical (unpaired) electrons. The Morgan fingerprint density at radius 2 is 2.36 bits per heavy atom. The van der Waals surface area contributed by atoms with E-state index < -0.39 is 6.17 Å². The van der Waals surface area contributed by atoms with Crippen LogP contribution in [0.25, 0.3) is 0 Å². The van der Waals surface area contributed by atoms with Crippen molar-refractivity contribution in [2.45, 2.75) is 25.1 Å². The summed E-state index contributed by atoms with van der Waals surface area (Å²) in [7, 11) is 0. The molecule has 1 saturated heterocycles. The molecule has 1 heterocycles. The van der Waals surface area contributed by atoms with Crippen molar-refractivity contribution in [3.8, 4) is 0 Å². The molecule has 1 nitrogen and oxygen atoms in total. The molecule has 1 fully saturated rings. The van der Waals surface area contributed by atoms with Crippen LogP contribution in [0.5, 0.6) is 0 Å². The molecule has 2 unspecified atom stereocenters. The van der Waals surface area contributed by atoms with Crippen LogP contribution in [0.15, 0.2) is 28.7 Å². The smallest absolute Gasteiger partial charge is 0.140 e. The summed E-state index contributed by atoms with van der Waals surface area (Å²) in [6, 6.07) is 7.49. The zero-order valence-corrected chi connectivity index (χ0v) is 9.43. The van der Waals surface area contributed by atoms with Crippen molar-refractivity contribution in [2.75, 3.05) is 6.54 Å².